The number of carboxylic acids is 2. The zero-order valence-electron chi connectivity index (χ0n) is 44.7. The number of aliphatic hydroxyl groups is 1. The van der Waals surface area contributed by atoms with Crippen molar-refractivity contribution in [2.75, 3.05) is 26.2 Å². The highest BCUT2D eigenvalue weighted by molar-refractivity contribution is 6.00. The number of hydrogen-bond donors (Lipinski definition) is 15. The van der Waals surface area contributed by atoms with Gasteiger partial charge in [0.05, 0.1) is 32.0 Å². The number of carbonyl (C=O) groups is 12. The van der Waals surface area contributed by atoms with Crippen molar-refractivity contribution in [3.63, 3.8) is 0 Å². The molecule has 1 aliphatic heterocycles. The van der Waals surface area contributed by atoms with Gasteiger partial charge in [0, 0.05) is 25.9 Å². The number of aliphatic imine (C=N–C) groups is 1. The summed E-state index contributed by atoms with van der Waals surface area (Å²) in [4.78, 5) is 164. The van der Waals surface area contributed by atoms with Crippen LogP contribution in [-0.2, 0) is 70.4 Å². The van der Waals surface area contributed by atoms with Crippen molar-refractivity contribution in [2.45, 2.75) is 133 Å². The van der Waals surface area contributed by atoms with Gasteiger partial charge in [-0.2, -0.15) is 0 Å². The maximum atomic E-state index is 14.4. The predicted octanol–water partition coefficient (Wildman–Crippen LogP) is -5.15. The van der Waals surface area contributed by atoms with Crippen LogP contribution in [0.25, 0.3) is 0 Å². The molecule has 1 heterocycles. The molecule has 2 aromatic rings. The Kier molecular flexibility index (Phi) is 26.9. The maximum Gasteiger partial charge on any atom is 0.326 e. The molecule has 0 aromatic heterocycles. The minimum absolute atomic E-state index is 0.0107. The molecular weight excluding hydrogens is 1050 g/mol. The van der Waals surface area contributed by atoms with E-state index in [1.807, 2.05) is 0 Å². The molecule has 0 bridgehead atoms. The molecule has 1 aliphatic rings. The van der Waals surface area contributed by atoms with Crippen molar-refractivity contribution in [1.29, 1.82) is 0 Å². The van der Waals surface area contributed by atoms with Crippen LogP contribution in [0.15, 0.2) is 65.7 Å². The standard InChI is InChI=1S/C51H74N14O15/c1-27(2)20-32(45(74)59-31(16-10-18-56-51(54)55)44(73)63-36(50(79)80)22-30-14-8-5-9-15-30)60-46(75)33(21-29-12-6-4-7-13-29)61-47(76)34(23-39(53)67)62-48(77)38-17-11-19-65(38)49(78)35(24-41(69)70)58-40(68)25-57-43(72)37(26-66)64-42(71)28(3)52/h4-9,12-15,27-28,31-38,66H,10-11,16-26,52H2,1-3H3,(H2,53,67)(H,57,72)(H,58,68)(H,59,74)(H,60,75)(H,61,76)(H,62,77)(H,63,73)(H,64,71)(H,69,70)(H,79,80)(H4,54,55,56). The van der Waals surface area contributed by atoms with Gasteiger partial charge < -0.3 is 85.7 Å². The summed E-state index contributed by atoms with van der Waals surface area (Å²) in [6.45, 7) is 3.02. The van der Waals surface area contributed by atoms with E-state index in [4.69, 9.17) is 22.9 Å². The number of benzene rings is 2. The molecule has 438 valence electrons. The van der Waals surface area contributed by atoms with E-state index in [1.54, 1.807) is 74.5 Å². The number of primary amides is 1. The number of nitrogens with two attached hydrogens (primary N) is 4. The first-order valence-electron chi connectivity index (χ1n) is 25.7. The van der Waals surface area contributed by atoms with Crippen LogP contribution in [0.3, 0.4) is 0 Å². The first-order valence-corrected chi connectivity index (χ1v) is 25.7. The van der Waals surface area contributed by atoms with Gasteiger partial charge in [0.1, 0.15) is 48.3 Å². The fraction of sp³-hybridized carbons (Fsp3) is 0.510. The molecule has 1 fully saturated rings. The normalized spacial score (nSPS) is 15.8. The molecule has 10 amide bonds. The van der Waals surface area contributed by atoms with Crippen LogP contribution in [-0.4, -0.2) is 178 Å². The van der Waals surface area contributed by atoms with E-state index in [1.165, 1.54) is 6.92 Å². The topological polar surface area (TPSA) is 481 Å². The summed E-state index contributed by atoms with van der Waals surface area (Å²) >= 11 is 0. The largest absolute Gasteiger partial charge is 0.481 e. The summed E-state index contributed by atoms with van der Waals surface area (Å²) in [6, 6.07) is 3.62. The third-order valence-corrected chi connectivity index (χ3v) is 12.3. The number of carbonyl (C=O) groups excluding carboxylic acids is 10. The molecule has 9 unspecified atom stereocenters. The molecule has 0 radical (unpaired) electrons. The fourth-order valence-corrected chi connectivity index (χ4v) is 8.26. The van der Waals surface area contributed by atoms with Crippen LogP contribution in [0, 0.1) is 5.92 Å². The molecule has 2 aromatic carbocycles. The molecule has 0 spiro atoms. The Morgan fingerprint density at radius 3 is 1.69 bits per heavy atom. The van der Waals surface area contributed by atoms with E-state index in [0.717, 1.165) is 4.90 Å². The number of nitrogens with zero attached hydrogens (tertiary/aromatic N) is 2. The van der Waals surface area contributed by atoms with E-state index >= 15 is 0 Å². The van der Waals surface area contributed by atoms with Crippen molar-refractivity contribution in [3.8, 4) is 0 Å². The molecule has 0 aliphatic carbocycles. The summed E-state index contributed by atoms with van der Waals surface area (Å²) in [7, 11) is 0. The number of hydrogen-bond acceptors (Lipinski definition) is 15. The molecule has 80 heavy (non-hydrogen) atoms. The van der Waals surface area contributed by atoms with E-state index in [-0.39, 0.29) is 69.9 Å². The van der Waals surface area contributed by atoms with Crippen molar-refractivity contribution >= 4 is 77.0 Å². The van der Waals surface area contributed by atoms with Gasteiger partial charge in [-0.15, -0.1) is 0 Å². The first-order chi connectivity index (χ1) is 37.8. The van der Waals surface area contributed by atoms with Crippen LogP contribution < -0.4 is 65.5 Å². The van der Waals surface area contributed by atoms with E-state index in [0.29, 0.717) is 11.1 Å². The highest BCUT2D eigenvalue weighted by Gasteiger charge is 2.41. The van der Waals surface area contributed by atoms with Crippen molar-refractivity contribution in [2.24, 2.45) is 33.8 Å². The predicted molar refractivity (Wildman–Crippen MR) is 285 cm³/mol. The number of aliphatic carboxylic acids is 2. The van der Waals surface area contributed by atoms with E-state index in [2.05, 4.69) is 47.5 Å². The van der Waals surface area contributed by atoms with Crippen molar-refractivity contribution < 1.29 is 72.9 Å². The van der Waals surface area contributed by atoms with Gasteiger partial charge in [-0.3, -0.25) is 57.7 Å². The molecule has 29 nitrogen and oxygen atoms in total. The highest BCUT2D eigenvalue weighted by atomic mass is 16.4. The van der Waals surface area contributed by atoms with Gasteiger partial charge in [0.15, 0.2) is 5.96 Å². The van der Waals surface area contributed by atoms with Crippen LogP contribution in [0.1, 0.15) is 76.8 Å². The molecule has 1 saturated heterocycles. The maximum absolute atomic E-state index is 14.4. The molecule has 19 N–H and O–H groups in total. The molecule has 29 heteroatoms. The average Bonchev–Trinajstić information content (AvgIpc) is 3.94. The third kappa shape index (κ3) is 22.7. The first kappa shape index (κ1) is 65.6. The molecule has 0 saturated carbocycles. The van der Waals surface area contributed by atoms with Crippen LogP contribution in [0.4, 0.5) is 0 Å². The van der Waals surface area contributed by atoms with E-state index in [9.17, 15) is 72.9 Å². The van der Waals surface area contributed by atoms with Gasteiger partial charge in [-0.1, -0.05) is 74.5 Å². The number of guanidine groups is 1. The van der Waals surface area contributed by atoms with Crippen LogP contribution >= 0.6 is 0 Å². The Labute approximate surface area is 460 Å². The molecular formula is C51H74N14O15. The second-order valence-electron chi connectivity index (χ2n) is 19.4. The van der Waals surface area contributed by atoms with Gasteiger partial charge >= 0.3 is 11.9 Å². The Morgan fingerprint density at radius 2 is 1.15 bits per heavy atom. The number of aliphatic hydroxyl groups excluding tert-OH is 1. The SMILES string of the molecule is CC(C)CC(NC(=O)C(Cc1ccccc1)NC(=O)C(CC(N)=O)NC(=O)C1CCCN1C(=O)C(CC(=O)O)NC(=O)CNC(=O)C(CO)NC(=O)C(C)N)C(=O)NC(CCCN=C(N)N)C(=O)NC(Cc1ccccc1)C(=O)O. The highest BCUT2D eigenvalue weighted by Crippen LogP contribution is 2.20. The fourth-order valence-electron chi connectivity index (χ4n) is 8.26. The number of amides is 10. The second-order valence-corrected chi connectivity index (χ2v) is 19.4. The van der Waals surface area contributed by atoms with Crippen LogP contribution in [0.5, 0.6) is 0 Å². The van der Waals surface area contributed by atoms with Gasteiger partial charge in [0.2, 0.25) is 59.1 Å². The summed E-state index contributed by atoms with van der Waals surface area (Å²) in [5.41, 5.74) is 23.1. The Bertz CT molecular complexity index is 2530. The Balaban J connectivity index is 1.86. The van der Waals surface area contributed by atoms with Gasteiger partial charge in [-0.05, 0) is 56.1 Å². The zero-order valence-corrected chi connectivity index (χ0v) is 44.7. The summed E-state index contributed by atoms with van der Waals surface area (Å²) in [5, 5.41) is 48.5. The monoisotopic (exact) mass is 1120 g/mol. The summed E-state index contributed by atoms with van der Waals surface area (Å²) < 4.78 is 0. The number of rotatable bonds is 33. The smallest absolute Gasteiger partial charge is 0.326 e. The average molecular weight is 1120 g/mol. The lowest BCUT2D eigenvalue weighted by Crippen LogP contribution is -2.60. The number of likely N-dealkylation sites (tertiary alicyclic amines) is 1. The molecule has 9 atom stereocenters. The zero-order chi connectivity index (χ0) is 59.6. The lowest BCUT2D eigenvalue weighted by atomic mass is 10.00. The lowest BCUT2D eigenvalue weighted by molar-refractivity contribution is -0.146. The quantitative estimate of drug-likeness (QED) is 0.0181. The van der Waals surface area contributed by atoms with Crippen LogP contribution in [0.2, 0.25) is 0 Å². The third-order valence-electron chi connectivity index (χ3n) is 12.3. The minimum Gasteiger partial charge on any atom is -0.481 e. The number of carboxylic acid groups (broad SMARTS) is 2. The second kappa shape index (κ2) is 32.9. The van der Waals surface area contributed by atoms with Gasteiger partial charge in [0.25, 0.3) is 0 Å². The summed E-state index contributed by atoms with van der Waals surface area (Å²) in [5.74, 6) is -13.1. The number of nitrogens with one attached hydrogen (secondary N) is 8. The van der Waals surface area contributed by atoms with Gasteiger partial charge in [-0.25, -0.2) is 4.79 Å². The van der Waals surface area contributed by atoms with Crippen molar-refractivity contribution in [3.05, 3.63) is 71.8 Å². The lowest BCUT2D eigenvalue weighted by Gasteiger charge is -2.30. The summed E-state index contributed by atoms with van der Waals surface area (Å²) in [6.07, 6.45) is -1.90. The Hall–Kier alpha value is -8.73. The van der Waals surface area contributed by atoms with Crippen molar-refractivity contribution in [1.82, 2.24) is 47.4 Å². The minimum atomic E-state index is -1.80. The molecule has 3 rings (SSSR count). The van der Waals surface area contributed by atoms with E-state index < -0.39 is 151 Å². The Morgan fingerprint density at radius 1 is 0.625 bits per heavy atom.